The van der Waals surface area contributed by atoms with Crippen molar-refractivity contribution in [2.24, 2.45) is 0 Å². The largest absolute Gasteiger partial charge is 0.494 e. The average Bonchev–Trinajstić information content (AvgIpc) is 3.04. The van der Waals surface area contributed by atoms with Crippen LogP contribution in [0.3, 0.4) is 0 Å². The minimum absolute atomic E-state index is 0.107. The van der Waals surface area contributed by atoms with Gasteiger partial charge in [-0.05, 0) is 37.1 Å². The van der Waals surface area contributed by atoms with Gasteiger partial charge in [0.15, 0.2) is 5.13 Å². The minimum Gasteiger partial charge on any atom is -0.494 e. The van der Waals surface area contributed by atoms with Crippen LogP contribution in [0, 0.1) is 0 Å². The summed E-state index contributed by atoms with van der Waals surface area (Å²) in [5, 5.41) is 0.742. The van der Waals surface area contributed by atoms with Gasteiger partial charge in [0.25, 0.3) is 0 Å². The van der Waals surface area contributed by atoms with Gasteiger partial charge in [-0.1, -0.05) is 48.6 Å². The summed E-state index contributed by atoms with van der Waals surface area (Å²) in [6.07, 6.45) is 1.34. The van der Waals surface area contributed by atoms with Gasteiger partial charge in [0, 0.05) is 6.42 Å². The number of hydrogen-bond donors (Lipinski definition) is 0. The van der Waals surface area contributed by atoms with Crippen molar-refractivity contribution in [2.45, 2.75) is 33.2 Å². The number of carbonyl (C=O) groups is 1. The number of anilines is 1. The van der Waals surface area contributed by atoms with Crippen LogP contribution in [-0.2, 0) is 11.3 Å². The standard InChI is InChI=1S/C20H22N2O2S/c1-3-8-19(23)22(14-15-9-6-5-7-10-15)20-21-17-12-11-16(24-4-2)13-18(17)25-20/h5-7,9-13H,3-4,8,14H2,1-2H3. The summed E-state index contributed by atoms with van der Waals surface area (Å²) in [6, 6.07) is 15.9. The SMILES string of the molecule is CCCC(=O)N(Cc1ccccc1)c1nc2ccc(OCC)cc2s1. The van der Waals surface area contributed by atoms with Crippen LogP contribution in [0.5, 0.6) is 5.75 Å². The van der Waals surface area contributed by atoms with Crippen LogP contribution in [0.1, 0.15) is 32.3 Å². The van der Waals surface area contributed by atoms with Gasteiger partial charge in [-0.25, -0.2) is 4.98 Å². The lowest BCUT2D eigenvalue weighted by Crippen LogP contribution is -2.29. The third-order valence-corrected chi connectivity index (χ3v) is 4.88. The predicted molar refractivity (Wildman–Crippen MR) is 103 cm³/mol. The highest BCUT2D eigenvalue weighted by atomic mass is 32.1. The first-order valence-electron chi connectivity index (χ1n) is 8.59. The molecule has 3 aromatic rings. The lowest BCUT2D eigenvalue weighted by Gasteiger charge is -2.19. The molecular weight excluding hydrogens is 332 g/mol. The van der Waals surface area contributed by atoms with Crippen molar-refractivity contribution in [1.29, 1.82) is 0 Å². The lowest BCUT2D eigenvalue weighted by atomic mass is 10.2. The molecule has 5 heteroatoms. The van der Waals surface area contributed by atoms with E-state index in [1.807, 2.05) is 62.4 Å². The molecule has 0 atom stereocenters. The van der Waals surface area contributed by atoms with Crippen LogP contribution in [0.15, 0.2) is 48.5 Å². The molecule has 0 fully saturated rings. The molecule has 130 valence electrons. The van der Waals surface area contributed by atoms with Crippen LogP contribution in [0.4, 0.5) is 5.13 Å². The van der Waals surface area contributed by atoms with Crippen LogP contribution in [0.25, 0.3) is 10.2 Å². The number of hydrogen-bond acceptors (Lipinski definition) is 4. The van der Waals surface area contributed by atoms with Gasteiger partial charge in [0.2, 0.25) is 5.91 Å². The maximum atomic E-state index is 12.7. The van der Waals surface area contributed by atoms with Gasteiger partial charge in [-0.15, -0.1) is 0 Å². The summed E-state index contributed by atoms with van der Waals surface area (Å²) in [7, 11) is 0. The number of amides is 1. The topological polar surface area (TPSA) is 42.4 Å². The highest BCUT2D eigenvalue weighted by Crippen LogP contribution is 2.32. The van der Waals surface area contributed by atoms with Crippen LogP contribution >= 0.6 is 11.3 Å². The Labute approximate surface area is 152 Å². The molecule has 0 bridgehead atoms. The second-order valence-corrected chi connectivity index (χ2v) is 6.78. The van der Waals surface area contributed by atoms with E-state index < -0.39 is 0 Å². The molecule has 0 unspecified atom stereocenters. The van der Waals surface area contributed by atoms with Crippen molar-refractivity contribution in [3.63, 3.8) is 0 Å². The number of rotatable bonds is 7. The van der Waals surface area contributed by atoms with Gasteiger partial charge >= 0.3 is 0 Å². The minimum atomic E-state index is 0.107. The fourth-order valence-corrected chi connectivity index (χ4v) is 3.65. The van der Waals surface area contributed by atoms with E-state index in [1.165, 1.54) is 11.3 Å². The number of thiazole rings is 1. The highest BCUT2D eigenvalue weighted by Gasteiger charge is 2.19. The first-order chi connectivity index (χ1) is 12.2. The number of benzene rings is 2. The summed E-state index contributed by atoms with van der Waals surface area (Å²) >= 11 is 1.53. The van der Waals surface area contributed by atoms with Crippen LogP contribution in [-0.4, -0.2) is 17.5 Å². The molecule has 0 aliphatic rings. The molecule has 4 nitrogen and oxygen atoms in total. The quantitative estimate of drug-likeness (QED) is 0.598. The van der Waals surface area contributed by atoms with Crippen molar-refractivity contribution in [1.82, 2.24) is 4.98 Å². The van der Waals surface area contributed by atoms with Crippen LogP contribution < -0.4 is 9.64 Å². The van der Waals surface area contributed by atoms with E-state index in [4.69, 9.17) is 4.74 Å². The monoisotopic (exact) mass is 354 g/mol. The second kappa shape index (κ2) is 8.12. The molecule has 1 aromatic heterocycles. The summed E-state index contributed by atoms with van der Waals surface area (Å²) in [4.78, 5) is 19.1. The fourth-order valence-electron chi connectivity index (χ4n) is 2.64. The molecule has 2 aromatic carbocycles. The van der Waals surface area contributed by atoms with Gasteiger partial charge in [0.1, 0.15) is 5.75 Å². The zero-order chi connectivity index (χ0) is 17.6. The van der Waals surface area contributed by atoms with Crippen molar-refractivity contribution in [2.75, 3.05) is 11.5 Å². The second-order valence-electron chi connectivity index (χ2n) is 5.77. The number of ether oxygens (including phenoxy) is 1. The third kappa shape index (κ3) is 4.17. The number of aromatic nitrogens is 1. The Bertz CT molecular complexity index is 845. The molecule has 0 radical (unpaired) electrons. The summed E-state index contributed by atoms with van der Waals surface area (Å²) in [6.45, 7) is 5.16. The molecule has 0 saturated heterocycles. The van der Waals surface area contributed by atoms with E-state index in [2.05, 4.69) is 4.98 Å². The van der Waals surface area contributed by atoms with E-state index in [0.29, 0.717) is 19.6 Å². The summed E-state index contributed by atoms with van der Waals surface area (Å²) in [5.41, 5.74) is 1.99. The zero-order valence-electron chi connectivity index (χ0n) is 14.6. The van der Waals surface area contributed by atoms with Crippen molar-refractivity contribution in [3.05, 3.63) is 54.1 Å². The van der Waals surface area contributed by atoms with E-state index in [0.717, 1.165) is 33.1 Å². The smallest absolute Gasteiger partial charge is 0.229 e. The van der Waals surface area contributed by atoms with Crippen molar-refractivity contribution >= 4 is 32.6 Å². The Hall–Kier alpha value is -2.40. The van der Waals surface area contributed by atoms with E-state index in [1.54, 1.807) is 4.90 Å². The van der Waals surface area contributed by atoms with Crippen LogP contribution in [0.2, 0.25) is 0 Å². The number of carbonyl (C=O) groups excluding carboxylic acids is 1. The molecule has 3 rings (SSSR count). The zero-order valence-corrected chi connectivity index (χ0v) is 15.4. The first kappa shape index (κ1) is 17.4. The van der Waals surface area contributed by atoms with Crippen molar-refractivity contribution < 1.29 is 9.53 Å². The molecule has 1 amide bonds. The predicted octanol–water partition coefficient (Wildman–Crippen LogP) is 5.03. The molecule has 0 aliphatic carbocycles. The molecule has 25 heavy (non-hydrogen) atoms. The molecule has 0 saturated carbocycles. The number of fused-ring (bicyclic) bond motifs is 1. The highest BCUT2D eigenvalue weighted by molar-refractivity contribution is 7.22. The normalized spacial score (nSPS) is 10.8. The van der Waals surface area contributed by atoms with E-state index in [9.17, 15) is 4.79 Å². The Balaban J connectivity index is 1.94. The lowest BCUT2D eigenvalue weighted by molar-refractivity contribution is -0.118. The Morgan fingerprint density at radius 3 is 2.68 bits per heavy atom. The maximum Gasteiger partial charge on any atom is 0.229 e. The summed E-state index contributed by atoms with van der Waals surface area (Å²) < 4.78 is 6.59. The van der Waals surface area contributed by atoms with E-state index in [-0.39, 0.29) is 5.91 Å². The van der Waals surface area contributed by atoms with E-state index >= 15 is 0 Å². The molecule has 0 aliphatic heterocycles. The summed E-state index contributed by atoms with van der Waals surface area (Å²) in [5.74, 6) is 0.940. The van der Waals surface area contributed by atoms with Gasteiger partial charge < -0.3 is 4.74 Å². The van der Waals surface area contributed by atoms with Crippen molar-refractivity contribution in [3.8, 4) is 5.75 Å². The third-order valence-electron chi connectivity index (χ3n) is 3.84. The van der Waals surface area contributed by atoms with Gasteiger partial charge in [-0.2, -0.15) is 0 Å². The molecule has 0 spiro atoms. The van der Waals surface area contributed by atoms with Gasteiger partial charge in [0.05, 0.1) is 23.4 Å². The fraction of sp³-hybridized carbons (Fsp3) is 0.300. The average molecular weight is 354 g/mol. The van der Waals surface area contributed by atoms with Gasteiger partial charge in [-0.3, -0.25) is 9.69 Å². The Kier molecular flexibility index (Phi) is 5.66. The Morgan fingerprint density at radius 2 is 1.96 bits per heavy atom. The maximum absolute atomic E-state index is 12.7. The first-order valence-corrected chi connectivity index (χ1v) is 9.40. The Morgan fingerprint density at radius 1 is 1.16 bits per heavy atom. The molecule has 0 N–H and O–H groups in total. The number of nitrogens with zero attached hydrogens (tertiary/aromatic N) is 2. The molecule has 1 heterocycles. The molecular formula is C20H22N2O2S.